The van der Waals surface area contributed by atoms with Gasteiger partial charge in [-0.05, 0) is 69.6 Å². The Kier molecular flexibility index (Phi) is 6.15. The van der Waals surface area contributed by atoms with Crippen LogP contribution in [0.4, 0.5) is 0 Å². The van der Waals surface area contributed by atoms with Crippen molar-refractivity contribution in [1.82, 2.24) is 21.3 Å². The summed E-state index contributed by atoms with van der Waals surface area (Å²) in [4.78, 5) is 0. The van der Waals surface area contributed by atoms with E-state index >= 15 is 0 Å². The van der Waals surface area contributed by atoms with E-state index < -0.39 is 11.3 Å². The molecule has 2 fully saturated rings. The first-order valence-electron chi connectivity index (χ1n) is 8.76. The summed E-state index contributed by atoms with van der Waals surface area (Å²) in [5, 5.41) is 46.6. The highest BCUT2D eigenvalue weighted by Gasteiger charge is 2.38. The van der Waals surface area contributed by atoms with Crippen LogP contribution in [0.1, 0.15) is 57.8 Å². The smallest absolute Gasteiger partial charge is 0.178 e. The maximum Gasteiger partial charge on any atom is 0.178 e. The lowest BCUT2D eigenvalue weighted by molar-refractivity contribution is 0.134. The third-order valence-electron chi connectivity index (χ3n) is 5.76. The average Bonchev–Trinajstić information content (AvgIpc) is 2.60. The molecule has 132 valence electrons. The van der Waals surface area contributed by atoms with E-state index in [0.717, 1.165) is 57.8 Å². The van der Waals surface area contributed by atoms with Gasteiger partial charge in [0.05, 0.1) is 0 Å². The summed E-state index contributed by atoms with van der Waals surface area (Å²) in [6.07, 6.45) is 16.0. The molecule has 2 aliphatic rings. The van der Waals surface area contributed by atoms with Crippen LogP contribution in [-0.4, -0.2) is 11.3 Å². The third-order valence-corrected chi connectivity index (χ3v) is 5.76. The molecule has 0 radical (unpaired) electrons. The van der Waals surface area contributed by atoms with Gasteiger partial charge in [0.2, 0.25) is 0 Å². The third kappa shape index (κ3) is 4.59. The molecule has 2 aliphatic carbocycles. The van der Waals surface area contributed by atoms with Crippen LogP contribution < -0.4 is 21.3 Å². The minimum absolute atomic E-state index is 0.574. The second-order valence-electron chi connectivity index (χ2n) is 7.23. The summed E-state index contributed by atoms with van der Waals surface area (Å²) in [6.45, 7) is 0. The lowest BCUT2D eigenvalue weighted by Gasteiger charge is -2.41. The fourth-order valence-electron chi connectivity index (χ4n) is 4.27. The Morgan fingerprint density at radius 1 is 0.600 bits per heavy atom. The van der Waals surface area contributed by atoms with Gasteiger partial charge in [0.1, 0.15) is 11.3 Å². The molecule has 8 heteroatoms. The van der Waals surface area contributed by atoms with Crippen molar-refractivity contribution in [3.63, 3.8) is 0 Å². The minimum atomic E-state index is -0.574. The first-order chi connectivity index (χ1) is 12.1. The van der Waals surface area contributed by atoms with Gasteiger partial charge >= 0.3 is 0 Å². The molecule has 0 atom stereocenters. The van der Waals surface area contributed by atoms with Gasteiger partial charge in [0, 0.05) is 0 Å². The number of nitrogens with one attached hydrogen (secondary N) is 4. The van der Waals surface area contributed by atoms with Crippen molar-refractivity contribution in [3.8, 4) is 24.8 Å². The SMILES string of the molecule is N#CNC1(NC#N)CCC(CC2CCC(NC#N)(NC#N)CC2)CC1. The van der Waals surface area contributed by atoms with Crippen molar-refractivity contribution < 1.29 is 0 Å². The van der Waals surface area contributed by atoms with Crippen LogP contribution >= 0.6 is 0 Å². The van der Waals surface area contributed by atoms with Crippen LogP contribution in [0, 0.1) is 57.7 Å². The topological polar surface area (TPSA) is 143 Å². The summed E-state index contributed by atoms with van der Waals surface area (Å²) >= 11 is 0. The largest absolute Gasteiger partial charge is 0.299 e. The van der Waals surface area contributed by atoms with E-state index in [9.17, 15) is 0 Å². The van der Waals surface area contributed by atoms with Gasteiger partial charge in [-0.15, -0.1) is 0 Å². The Bertz CT molecular complexity index is 511. The Morgan fingerprint density at radius 3 is 1.12 bits per heavy atom. The number of nitrogens with zero attached hydrogens (tertiary/aromatic N) is 4. The van der Waals surface area contributed by atoms with Gasteiger partial charge in [0.25, 0.3) is 0 Å². The molecule has 4 N–H and O–H groups in total. The second-order valence-corrected chi connectivity index (χ2v) is 7.23. The van der Waals surface area contributed by atoms with Crippen molar-refractivity contribution in [2.45, 2.75) is 69.1 Å². The van der Waals surface area contributed by atoms with Gasteiger partial charge in [-0.2, -0.15) is 21.0 Å². The summed E-state index contributed by atoms with van der Waals surface area (Å²) in [7, 11) is 0. The average molecular weight is 340 g/mol. The van der Waals surface area contributed by atoms with E-state index in [1.54, 1.807) is 0 Å². The van der Waals surface area contributed by atoms with E-state index in [0.29, 0.717) is 11.8 Å². The van der Waals surface area contributed by atoms with Gasteiger partial charge in [-0.3, -0.25) is 21.3 Å². The Labute approximate surface area is 148 Å². The molecule has 0 saturated heterocycles. The maximum absolute atomic E-state index is 8.91. The molecular weight excluding hydrogens is 316 g/mol. The molecule has 0 unspecified atom stereocenters. The predicted molar refractivity (Wildman–Crippen MR) is 89.0 cm³/mol. The lowest BCUT2D eigenvalue weighted by atomic mass is 9.73. The van der Waals surface area contributed by atoms with Crippen LogP contribution in [0.2, 0.25) is 0 Å². The summed E-state index contributed by atoms with van der Waals surface area (Å²) in [6, 6.07) is 0. The van der Waals surface area contributed by atoms with Gasteiger partial charge < -0.3 is 0 Å². The highest BCUT2D eigenvalue weighted by molar-refractivity contribution is 5.00. The normalized spacial score (nSPS) is 22.2. The zero-order valence-electron chi connectivity index (χ0n) is 14.3. The van der Waals surface area contributed by atoms with E-state index in [-0.39, 0.29) is 0 Å². The number of hydrogen-bond donors (Lipinski definition) is 4. The molecule has 0 heterocycles. The molecule has 0 bridgehead atoms. The Hall–Kier alpha value is -2.84. The lowest BCUT2D eigenvalue weighted by Crippen LogP contribution is -2.56. The van der Waals surface area contributed by atoms with Gasteiger partial charge in [-0.25, -0.2) is 0 Å². The van der Waals surface area contributed by atoms with Crippen LogP contribution in [0.15, 0.2) is 0 Å². The van der Waals surface area contributed by atoms with Crippen LogP contribution in [0.5, 0.6) is 0 Å². The van der Waals surface area contributed by atoms with Crippen LogP contribution in [-0.2, 0) is 0 Å². The molecule has 2 saturated carbocycles. The highest BCUT2D eigenvalue weighted by atomic mass is 15.2. The molecule has 0 aromatic carbocycles. The van der Waals surface area contributed by atoms with E-state index in [2.05, 4.69) is 21.3 Å². The zero-order chi connectivity index (χ0) is 18.2. The Morgan fingerprint density at radius 2 is 0.880 bits per heavy atom. The summed E-state index contributed by atoms with van der Waals surface area (Å²) in [5.74, 6) is 1.19. The Balaban J connectivity index is 1.82. The zero-order valence-corrected chi connectivity index (χ0v) is 14.3. The number of rotatable bonds is 6. The van der Waals surface area contributed by atoms with Gasteiger partial charge in [0.15, 0.2) is 24.8 Å². The standard InChI is InChI=1S/C17H24N8/c18-10-22-16(23-11-19)5-1-14(2-6-16)9-15-3-7-17(8-4-15,24-12-20)25-13-21/h14-15,22-25H,1-9H2. The van der Waals surface area contributed by atoms with Crippen molar-refractivity contribution >= 4 is 0 Å². The molecule has 2 rings (SSSR count). The molecule has 8 nitrogen and oxygen atoms in total. The van der Waals surface area contributed by atoms with Crippen molar-refractivity contribution in [2.24, 2.45) is 11.8 Å². The second kappa shape index (κ2) is 8.32. The first-order valence-corrected chi connectivity index (χ1v) is 8.76. The monoisotopic (exact) mass is 340 g/mol. The molecule has 25 heavy (non-hydrogen) atoms. The highest BCUT2D eigenvalue weighted by Crippen LogP contribution is 2.39. The van der Waals surface area contributed by atoms with E-state index in [1.807, 2.05) is 24.8 Å². The van der Waals surface area contributed by atoms with Crippen LogP contribution in [0.25, 0.3) is 0 Å². The van der Waals surface area contributed by atoms with E-state index in [4.69, 9.17) is 21.0 Å². The molecule has 0 aliphatic heterocycles. The fraction of sp³-hybridized carbons (Fsp3) is 0.765. The quantitative estimate of drug-likeness (QED) is 0.323. The number of nitriles is 4. The van der Waals surface area contributed by atoms with Crippen molar-refractivity contribution in [1.29, 1.82) is 21.0 Å². The minimum Gasteiger partial charge on any atom is -0.299 e. The number of hydrogen-bond acceptors (Lipinski definition) is 8. The fourth-order valence-corrected chi connectivity index (χ4v) is 4.27. The molecule has 0 aromatic heterocycles. The van der Waals surface area contributed by atoms with Gasteiger partial charge in [-0.1, -0.05) is 0 Å². The summed E-state index contributed by atoms with van der Waals surface area (Å²) < 4.78 is 0. The molecular formula is C17H24N8. The molecule has 0 spiro atoms. The molecule has 0 aromatic rings. The predicted octanol–water partition coefficient (Wildman–Crippen LogP) is 1.43. The first kappa shape index (κ1) is 18.5. The molecule has 0 amide bonds. The van der Waals surface area contributed by atoms with E-state index in [1.165, 1.54) is 0 Å². The summed E-state index contributed by atoms with van der Waals surface area (Å²) in [5.41, 5.74) is -1.15. The van der Waals surface area contributed by atoms with Crippen molar-refractivity contribution in [3.05, 3.63) is 0 Å². The maximum atomic E-state index is 8.91. The van der Waals surface area contributed by atoms with Crippen LogP contribution in [0.3, 0.4) is 0 Å². The van der Waals surface area contributed by atoms with Crippen molar-refractivity contribution in [2.75, 3.05) is 0 Å².